The quantitative estimate of drug-likeness (QED) is 0.926. The van der Waals surface area contributed by atoms with Crippen LogP contribution in [0.2, 0.25) is 5.02 Å². The molecule has 0 aliphatic carbocycles. The fourth-order valence-electron chi connectivity index (χ4n) is 1.47. The Morgan fingerprint density at radius 2 is 2.29 bits per heavy atom. The van der Waals surface area contributed by atoms with Crippen molar-refractivity contribution in [1.29, 1.82) is 0 Å². The minimum absolute atomic E-state index is 0.101. The molecule has 2 N–H and O–H groups in total. The van der Waals surface area contributed by atoms with E-state index in [1.165, 1.54) is 17.4 Å². The summed E-state index contributed by atoms with van der Waals surface area (Å²) >= 11 is 7.43. The van der Waals surface area contributed by atoms with Crippen molar-refractivity contribution < 1.29 is 4.39 Å². The Morgan fingerprint density at radius 1 is 1.53 bits per heavy atom. The Labute approximate surface area is 108 Å². The van der Waals surface area contributed by atoms with Crippen LogP contribution in [0, 0.1) is 5.82 Å². The van der Waals surface area contributed by atoms with Gasteiger partial charge in [-0.2, -0.15) is 0 Å². The lowest BCUT2D eigenvalue weighted by atomic mass is 10.1. The van der Waals surface area contributed by atoms with Gasteiger partial charge in [0.05, 0.1) is 10.7 Å². The van der Waals surface area contributed by atoms with E-state index in [4.69, 9.17) is 17.3 Å². The predicted octanol–water partition coefficient (Wildman–Crippen LogP) is 3.55. The Kier molecular flexibility index (Phi) is 3.76. The normalized spacial score (nSPS) is 12.7. The zero-order valence-electron chi connectivity index (χ0n) is 9.28. The zero-order valence-corrected chi connectivity index (χ0v) is 10.9. The van der Waals surface area contributed by atoms with Crippen molar-refractivity contribution in [2.45, 2.75) is 19.4 Å². The first kappa shape index (κ1) is 12.5. The van der Waals surface area contributed by atoms with E-state index in [0.29, 0.717) is 17.0 Å². The number of benzene rings is 1. The van der Waals surface area contributed by atoms with Gasteiger partial charge in [-0.25, -0.2) is 9.37 Å². The van der Waals surface area contributed by atoms with E-state index in [-0.39, 0.29) is 11.9 Å². The third-order valence-corrected chi connectivity index (χ3v) is 3.65. The summed E-state index contributed by atoms with van der Waals surface area (Å²) in [6.45, 7) is 1.87. The highest BCUT2D eigenvalue weighted by Gasteiger charge is 2.11. The molecule has 1 heterocycles. The molecule has 90 valence electrons. The maximum Gasteiger partial charge on any atom is 0.128 e. The lowest BCUT2D eigenvalue weighted by Crippen LogP contribution is -2.05. The van der Waals surface area contributed by atoms with Crippen LogP contribution in [0.3, 0.4) is 0 Å². The number of hydrogen-bond donors (Lipinski definition) is 1. The van der Waals surface area contributed by atoms with Gasteiger partial charge in [0.25, 0.3) is 0 Å². The number of nitrogens with zero attached hydrogens (tertiary/aromatic N) is 1. The van der Waals surface area contributed by atoms with Gasteiger partial charge in [-0.3, -0.25) is 0 Å². The van der Waals surface area contributed by atoms with E-state index in [1.54, 1.807) is 12.1 Å². The summed E-state index contributed by atoms with van der Waals surface area (Å²) in [4.78, 5) is 4.36. The van der Waals surface area contributed by atoms with Crippen LogP contribution in [0.25, 0.3) is 0 Å². The summed E-state index contributed by atoms with van der Waals surface area (Å²) in [5, 5.41) is 3.15. The summed E-state index contributed by atoms with van der Waals surface area (Å²) in [7, 11) is 0. The first-order chi connectivity index (χ1) is 8.08. The van der Waals surface area contributed by atoms with Gasteiger partial charge in [-0.05, 0) is 19.1 Å². The lowest BCUT2D eigenvalue weighted by Gasteiger charge is -2.03. The number of thiazole rings is 1. The number of rotatable bonds is 3. The van der Waals surface area contributed by atoms with Gasteiger partial charge in [0.2, 0.25) is 0 Å². The van der Waals surface area contributed by atoms with Gasteiger partial charge < -0.3 is 5.73 Å². The summed E-state index contributed by atoms with van der Waals surface area (Å²) in [5.41, 5.74) is 7.04. The van der Waals surface area contributed by atoms with Crippen molar-refractivity contribution >= 4 is 22.9 Å². The number of aromatic nitrogens is 1. The first-order valence-electron chi connectivity index (χ1n) is 5.20. The van der Waals surface area contributed by atoms with E-state index < -0.39 is 0 Å². The Morgan fingerprint density at radius 3 is 2.88 bits per heavy atom. The minimum Gasteiger partial charge on any atom is -0.323 e. The maximum atomic E-state index is 13.6. The molecule has 1 unspecified atom stereocenters. The average molecular weight is 271 g/mol. The molecule has 0 amide bonds. The van der Waals surface area contributed by atoms with Crippen LogP contribution in [0.5, 0.6) is 0 Å². The highest BCUT2D eigenvalue weighted by Crippen LogP contribution is 2.24. The molecule has 0 aliphatic heterocycles. The molecule has 0 bridgehead atoms. The summed E-state index contributed by atoms with van der Waals surface area (Å²) in [6, 6.07) is 4.58. The van der Waals surface area contributed by atoms with Crippen LogP contribution in [-0.2, 0) is 6.42 Å². The van der Waals surface area contributed by atoms with Crippen molar-refractivity contribution in [3.05, 3.63) is 50.7 Å². The molecule has 17 heavy (non-hydrogen) atoms. The highest BCUT2D eigenvalue weighted by atomic mass is 35.5. The predicted molar refractivity (Wildman–Crippen MR) is 68.9 cm³/mol. The third-order valence-electron chi connectivity index (χ3n) is 2.43. The minimum atomic E-state index is -0.296. The molecular formula is C12H12ClFN2S. The molecule has 0 saturated carbocycles. The number of halogens is 2. The second-order valence-electron chi connectivity index (χ2n) is 3.83. The van der Waals surface area contributed by atoms with Crippen molar-refractivity contribution in [3.63, 3.8) is 0 Å². The van der Waals surface area contributed by atoms with E-state index in [0.717, 1.165) is 10.7 Å². The molecule has 0 saturated heterocycles. The highest BCUT2D eigenvalue weighted by molar-refractivity contribution is 7.09. The average Bonchev–Trinajstić information content (AvgIpc) is 2.72. The topological polar surface area (TPSA) is 38.9 Å². The molecule has 0 radical (unpaired) electrons. The van der Waals surface area contributed by atoms with Crippen LogP contribution in [0.4, 0.5) is 4.39 Å². The fraction of sp³-hybridized carbons (Fsp3) is 0.250. The SMILES string of the molecule is CC(N)c1csc(Cc2c(F)cccc2Cl)n1. The second kappa shape index (κ2) is 5.12. The van der Waals surface area contributed by atoms with Gasteiger partial charge in [-0.1, -0.05) is 17.7 Å². The van der Waals surface area contributed by atoms with Crippen LogP contribution in [0.1, 0.15) is 29.2 Å². The van der Waals surface area contributed by atoms with Gasteiger partial charge in [-0.15, -0.1) is 11.3 Å². The zero-order chi connectivity index (χ0) is 12.4. The monoisotopic (exact) mass is 270 g/mol. The van der Waals surface area contributed by atoms with Gasteiger partial charge in [0, 0.05) is 28.4 Å². The Hall–Kier alpha value is -0.970. The molecular weight excluding hydrogens is 259 g/mol. The standard InChI is InChI=1S/C12H12ClFN2S/c1-7(15)11-6-17-12(16-11)5-8-9(13)3-2-4-10(8)14/h2-4,6-7H,5,15H2,1H3. The van der Waals surface area contributed by atoms with E-state index in [1.807, 2.05) is 12.3 Å². The molecule has 2 rings (SSSR count). The van der Waals surface area contributed by atoms with Gasteiger partial charge in [0.1, 0.15) is 5.82 Å². The third kappa shape index (κ3) is 2.83. The molecule has 1 aromatic carbocycles. The largest absolute Gasteiger partial charge is 0.323 e. The molecule has 1 atom stereocenters. The fourth-order valence-corrected chi connectivity index (χ4v) is 2.61. The van der Waals surface area contributed by atoms with Crippen molar-refractivity contribution in [1.82, 2.24) is 4.98 Å². The van der Waals surface area contributed by atoms with E-state index >= 15 is 0 Å². The molecule has 0 fully saturated rings. The first-order valence-corrected chi connectivity index (χ1v) is 6.46. The van der Waals surface area contributed by atoms with Crippen LogP contribution >= 0.6 is 22.9 Å². The molecule has 2 aromatic rings. The molecule has 0 aliphatic rings. The number of nitrogens with two attached hydrogens (primary N) is 1. The van der Waals surface area contributed by atoms with Crippen LogP contribution < -0.4 is 5.73 Å². The van der Waals surface area contributed by atoms with Crippen molar-refractivity contribution in [2.75, 3.05) is 0 Å². The van der Waals surface area contributed by atoms with E-state index in [2.05, 4.69) is 4.98 Å². The van der Waals surface area contributed by atoms with E-state index in [9.17, 15) is 4.39 Å². The van der Waals surface area contributed by atoms with Gasteiger partial charge in [0.15, 0.2) is 0 Å². The smallest absolute Gasteiger partial charge is 0.128 e. The van der Waals surface area contributed by atoms with Gasteiger partial charge >= 0.3 is 0 Å². The summed E-state index contributed by atoms with van der Waals surface area (Å²) in [6.07, 6.45) is 0.406. The van der Waals surface area contributed by atoms with Crippen LogP contribution in [0.15, 0.2) is 23.6 Å². The lowest BCUT2D eigenvalue weighted by molar-refractivity contribution is 0.613. The Bertz CT molecular complexity index is 505. The summed E-state index contributed by atoms with van der Waals surface area (Å²) < 4.78 is 13.6. The molecule has 0 spiro atoms. The number of hydrogen-bond acceptors (Lipinski definition) is 3. The van der Waals surface area contributed by atoms with Crippen LogP contribution in [-0.4, -0.2) is 4.98 Å². The van der Waals surface area contributed by atoms with Crippen molar-refractivity contribution in [2.24, 2.45) is 5.73 Å². The molecule has 2 nitrogen and oxygen atoms in total. The second-order valence-corrected chi connectivity index (χ2v) is 5.18. The summed E-state index contributed by atoms with van der Waals surface area (Å²) in [5.74, 6) is -0.296. The maximum absolute atomic E-state index is 13.6. The van der Waals surface area contributed by atoms with Crippen molar-refractivity contribution in [3.8, 4) is 0 Å². The Balaban J connectivity index is 2.25. The molecule has 5 heteroatoms. The molecule has 1 aromatic heterocycles.